The summed E-state index contributed by atoms with van der Waals surface area (Å²) in [6.45, 7) is 4.69. The van der Waals surface area contributed by atoms with Crippen molar-refractivity contribution in [2.24, 2.45) is 0 Å². The lowest BCUT2D eigenvalue weighted by Crippen LogP contribution is -2.40. The molecule has 1 atom stereocenters. The molecule has 1 unspecified atom stereocenters. The number of rotatable bonds is 7. The molecule has 0 aliphatic carbocycles. The molecule has 6 nitrogen and oxygen atoms in total. The first-order valence-electron chi connectivity index (χ1n) is 9.16. The van der Waals surface area contributed by atoms with E-state index in [9.17, 15) is 4.79 Å². The molecular weight excluding hydrogens is 328 g/mol. The summed E-state index contributed by atoms with van der Waals surface area (Å²) < 4.78 is 7.49. The Bertz CT molecular complexity index is 720. The second kappa shape index (κ2) is 9.20. The van der Waals surface area contributed by atoms with Crippen molar-refractivity contribution in [3.8, 4) is 0 Å². The predicted octanol–water partition coefficient (Wildman–Crippen LogP) is 3.63. The maximum Gasteiger partial charge on any atom is 0.322 e. The normalized spacial score (nSPS) is 16.9. The zero-order valence-corrected chi connectivity index (χ0v) is 15.2. The van der Waals surface area contributed by atoms with Crippen LogP contribution in [0.5, 0.6) is 0 Å². The number of anilines is 1. The monoisotopic (exact) mass is 354 g/mol. The molecule has 2 amide bonds. The minimum Gasteiger partial charge on any atom is -0.376 e. The van der Waals surface area contributed by atoms with E-state index in [1.165, 1.54) is 0 Å². The lowest BCUT2D eigenvalue weighted by atomic mass is 10.2. The quantitative estimate of drug-likeness (QED) is 0.826. The summed E-state index contributed by atoms with van der Waals surface area (Å²) in [6.07, 6.45) is 9.73. The van der Waals surface area contributed by atoms with Gasteiger partial charge in [-0.15, -0.1) is 0 Å². The van der Waals surface area contributed by atoms with Crippen molar-refractivity contribution >= 4 is 17.8 Å². The van der Waals surface area contributed by atoms with Crippen molar-refractivity contribution < 1.29 is 9.53 Å². The van der Waals surface area contributed by atoms with Crippen LogP contribution in [0.2, 0.25) is 0 Å². The fraction of sp³-hybridized carbons (Fsp3) is 0.400. The Morgan fingerprint density at radius 2 is 2.27 bits per heavy atom. The van der Waals surface area contributed by atoms with Crippen LogP contribution in [0.3, 0.4) is 0 Å². The number of aromatic nitrogens is 2. The van der Waals surface area contributed by atoms with Crippen LogP contribution in [0.4, 0.5) is 10.5 Å². The molecule has 2 heterocycles. The SMILES string of the molecule is CCn1cc(NC(=O)N(CC=Cc2ccccc2)CC2CCCO2)cn1. The van der Waals surface area contributed by atoms with Gasteiger partial charge in [0.1, 0.15) is 0 Å². The van der Waals surface area contributed by atoms with E-state index in [4.69, 9.17) is 4.74 Å². The van der Waals surface area contributed by atoms with Crippen molar-refractivity contribution in [1.82, 2.24) is 14.7 Å². The third kappa shape index (κ3) is 5.20. The highest BCUT2D eigenvalue weighted by Gasteiger charge is 2.22. The molecule has 6 heteroatoms. The molecule has 0 spiro atoms. The molecule has 1 aromatic heterocycles. The number of hydrogen-bond acceptors (Lipinski definition) is 3. The van der Waals surface area contributed by atoms with E-state index in [-0.39, 0.29) is 12.1 Å². The Morgan fingerprint density at radius 3 is 2.96 bits per heavy atom. The van der Waals surface area contributed by atoms with Gasteiger partial charge in [0.15, 0.2) is 0 Å². The van der Waals surface area contributed by atoms with E-state index in [1.54, 1.807) is 15.8 Å². The summed E-state index contributed by atoms with van der Waals surface area (Å²) in [4.78, 5) is 14.5. The molecule has 1 N–H and O–H groups in total. The minimum atomic E-state index is -0.131. The van der Waals surface area contributed by atoms with Crippen LogP contribution >= 0.6 is 0 Å². The molecule has 1 fully saturated rings. The third-order valence-corrected chi connectivity index (χ3v) is 4.38. The maximum absolute atomic E-state index is 12.7. The molecule has 0 radical (unpaired) electrons. The number of benzene rings is 1. The van der Waals surface area contributed by atoms with E-state index < -0.39 is 0 Å². The number of hydrogen-bond donors (Lipinski definition) is 1. The maximum atomic E-state index is 12.7. The largest absolute Gasteiger partial charge is 0.376 e. The Labute approximate surface area is 154 Å². The molecule has 0 bridgehead atoms. The first-order chi connectivity index (χ1) is 12.7. The lowest BCUT2D eigenvalue weighted by molar-refractivity contribution is 0.0863. The number of amides is 2. The highest BCUT2D eigenvalue weighted by molar-refractivity contribution is 5.89. The number of aryl methyl sites for hydroxylation is 1. The fourth-order valence-electron chi connectivity index (χ4n) is 2.96. The summed E-state index contributed by atoms with van der Waals surface area (Å²) in [5, 5.41) is 7.13. The Balaban J connectivity index is 1.63. The van der Waals surface area contributed by atoms with Crippen molar-refractivity contribution in [2.75, 3.05) is 25.0 Å². The topological polar surface area (TPSA) is 59.4 Å². The van der Waals surface area contributed by atoms with Crippen LogP contribution in [0, 0.1) is 0 Å². The third-order valence-electron chi connectivity index (χ3n) is 4.38. The molecule has 1 saturated heterocycles. The van der Waals surface area contributed by atoms with E-state index >= 15 is 0 Å². The highest BCUT2D eigenvalue weighted by atomic mass is 16.5. The first-order valence-corrected chi connectivity index (χ1v) is 9.16. The summed E-state index contributed by atoms with van der Waals surface area (Å²) in [5.74, 6) is 0. The van der Waals surface area contributed by atoms with Crippen LogP contribution in [0.15, 0.2) is 48.8 Å². The second-order valence-corrected chi connectivity index (χ2v) is 6.37. The highest BCUT2D eigenvalue weighted by Crippen LogP contribution is 2.15. The van der Waals surface area contributed by atoms with Gasteiger partial charge in [0.25, 0.3) is 0 Å². The van der Waals surface area contributed by atoms with E-state index in [0.29, 0.717) is 18.8 Å². The van der Waals surface area contributed by atoms with Crippen LogP contribution < -0.4 is 5.32 Å². The number of urea groups is 1. The van der Waals surface area contributed by atoms with Gasteiger partial charge < -0.3 is 15.0 Å². The van der Waals surface area contributed by atoms with Gasteiger partial charge in [-0.05, 0) is 25.3 Å². The van der Waals surface area contributed by atoms with Gasteiger partial charge in [0, 0.05) is 32.4 Å². The van der Waals surface area contributed by atoms with Gasteiger partial charge in [-0.3, -0.25) is 4.68 Å². The van der Waals surface area contributed by atoms with Crippen molar-refractivity contribution in [3.05, 3.63) is 54.4 Å². The second-order valence-electron chi connectivity index (χ2n) is 6.37. The van der Waals surface area contributed by atoms with Crippen LogP contribution in [0.1, 0.15) is 25.3 Å². The summed E-state index contributed by atoms with van der Waals surface area (Å²) in [7, 11) is 0. The van der Waals surface area contributed by atoms with Gasteiger partial charge >= 0.3 is 6.03 Å². The van der Waals surface area contributed by atoms with Crippen molar-refractivity contribution in [2.45, 2.75) is 32.4 Å². The molecule has 3 rings (SSSR count). The van der Waals surface area contributed by atoms with E-state index in [0.717, 1.165) is 31.6 Å². The summed E-state index contributed by atoms with van der Waals surface area (Å²) in [6, 6.07) is 9.95. The smallest absolute Gasteiger partial charge is 0.322 e. The van der Waals surface area contributed by atoms with E-state index in [2.05, 4.69) is 10.4 Å². The zero-order chi connectivity index (χ0) is 18.2. The number of ether oxygens (including phenoxy) is 1. The zero-order valence-electron chi connectivity index (χ0n) is 15.2. The molecule has 0 saturated carbocycles. The summed E-state index contributed by atoms with van der Waals surface area (Å²) >= 11 is 0. The number of nitrogens with zero attached hydrogens (tertiary/aromatic N) is 3. The van der Waals surface area contributed by atoms with Gasteiger partial charge in [-0.1, -0.05) is 42.5 Å². The molecule has 1 aliphatic rings. The summed E-state index contributed by atoms with van der Waals surface area (Å²) in [5.41, 5.74) is 1.83. The molecule has 1 aromatic carbocycles. The molecular formula is C20H26N4O2. The Kier molecular flexibility index (Phi) is 6.44. The number of nitrogens with one attached hydrogen (secondary N) is 1. The number of carbonyl (C=O) groups is 1. The molecule has 2 aromatic rings. The first kappa shape index (κ1) is 18.2. The van der Waals surface area contributed by atoms with Crippen LogP contribution in [-0.2, 0) is 11.3 Å². The standard InChI is InChI=1S/C20H26N4O2/c1-2-24-15-18(14-21-24)22-20(25)23(16-19-11-7-13-26-19)12-6-10-17-8-4-3-5-9-17/h3-6,8-10,14-15,19H,2,7,11-13,16H2,1H3,(H,22,25). The van der Waals surface area contributed by atoms with Gasteiger partial charge in [0.05, 0.1) is 18.0 Å². The fourth-order valence-corrected chi connectivity index (χ4v) is 2.96. The Hall–Kier alpha value is -2.60. The molecule has 26 heavy (non-hydrogen) atoms. The number of carbonyl (C=O) groups excluding carboxylic acids is 1. The van der Waals surface area contributed by atoms with Gasteiger partial charge in [-0.25, -0.2) is 4.79 Å². The van der Waals surface area contributed by atoms with Crippen LogP contribution in [0.25, 0.3) is 6.08 Å². The lowest BCUT2D eigenvalue weighted by Gasteiger charge is -2.24. The predicted molar refractivity (Wildman–Crippen MR) is 103 cm³/mol. The average Bonchev–Trinajstić information content (AvgIpc) is 3.33. The van der Waals surface area contributed by atoms with Gasteiger partial charge in [-0.2, -0.15) is 5.10 Å². The Morgan fingerprint density at radius 1 is 1.42 bits per heavy atom. The van der Waals surface area contributed by atoms with E-state index in [1.807, 2.05) is 55.6 Å². The van der Waals surface area contributed by atoms with Crippen molar-refractivity contribution in [3.63, 3.8) is 0 Å². The minimum absolute atomic E-state index is 0.115. The average molecular weight is 354 g/mol. The van der Waals surface area contributed by atoms with Gasteiger partial charge in [0.2, 0.25) is 0 Å². The molecule has 1 aliphatic heterocycles. The van der Waals surface area contributed by atoms with Crippen molar-refractivity contribution in [1.29, 1.82) is 0 Å². The van der Waals surface area contributed by atoms with Crippen LogP contribution in [-0.4, -0.2) is 46.5 Å². The molecule has 138 valence electrons.